The summed E-state index contributed by atoms with van der Waals surface area (Å²) < 4.78 is 2.04. The molecule has 3 aromatic rings. The van der Waals surface area contributed by atoms with Crippen molar-refractivity contribution in [1.29, 1.82) is 0 Å². The second-order valence-corrected chi connectivity index (χ2v) is 4.94. The van der Waals surface area contributed by atoms with Crippen molar-refractivity contribution in [2.45, 2.75) is 6.04 Å². The number of aliphatic hydroxyl groups is 1. The standard InChI is InChI=1S/C16H14N4O/c21-10-15-13-7-4-8-19(13)14-9-17-11-18-16(14)20(15)12-5-2-1-3-6-12/h1-9,11,15,21H,10H2. The highest BCUT2D eigenvalue weighted by molar-refractivity contribution is 5.71. The number of hydrogen-bond acceptors (Lipinski definition) is 4. The summed E-state index contributed by atoms with van der Waals surface area (Å²) in [6, 6.07) is 13.8. The fraction of sp³-hybridized carbons (Fsp3) is 0.125. The number of nitrogens with zero attached hydrogens (tertiary/aromatic N) is 4. The van der Waals surface area contributed by atoms with Crippen molar-refractivity contribution in [2.75, 3.05) is 11.5 Å². The maximum Gasteiger partial charge on any atom is 0.161 e. The Labute approximate surface area is 122 Å². The molecule has 5 nitrogen and oxygen atoms in total. The molecule has 1 N–H and O–H groups in total. The molecule has 0 radical (unpaired) electrons. The Morgan fingerprint density at radius 3 is 2.76 bits per heavy atom. The Kier molecular flexibility index (Phi) is 2.72. The number of rotatable bonds is 2. The fourth-order valence-electron chi connectivity index (χ4n) is 2.90. The molecule has 4 rings (SSSR count). The van der Waals surface area contributed by atoms with Crippen LogP contribution in [0.15, 0.2) is 61.2 Å². The third kappa shape index (κ3) is 1.75. The number of aromatic nitrogens is 3. The number of fused-ring (bicyclic) bond motifs is 3. The highest BCUT2D eigenvalue weighted by atomic mass is 16.3. The summed E-state index contributed by atoms with van der Waals surface area (Å²) in [4.78, 5) is 10.6. The third-order valence-corrected chi connectivity index (χ3v) is 3.80. The topological polar surface area (TPSA) is 54.2 Å². The smallest absolute Gasteiger partial charge is 0.161 e. The maximum absolute atomic E-state index is 9.92. The molecule has 21 heavy (non-hydrogen) atoms. The molecule has 2 aromatic heterocycles. The number of para-hydroxylation sites is 1. The van der Waals surface area contributed by atoms with Crippen LogP contribution in [0.2, 0.25) is 0 Å². The predicted octanol–water partition coefficient (Wildman–Crippen LogP) is 2.45. The van der Waals surface area contributed by atoms with Crippen LogP contribution in [0.5, 0.6) is 0 Å². The largest absolute Gasteiger partial charge is 0.394 e. The van der Waals surface area contributed by atoms with Gasteiger partial charge in [-0.05, 0) is 24.3 Å². The summed E-state index contributed by atoms with van der Waals surface area (Å²) in [5, 5.41) is 9.92. The first-order chi connectivity index (χ1) is 10.4. The van der Waals surface area contributed by atoms with Crippen LogP contribution in [0.4, 0.5) is 11.5 Å². The molecule has 5 heteroatoms. The van der Waals surface area contributed by atoms with Crippen molar-refractivity contribution in [3.8, 4) is 5.69 Å². The number of aliphatic hydroxyl groups excluding tert-OH is 1. The van der Waals surface area contributed by atoms with Crippen LogP contribution < -0.4 is 4.90 Å². The van der Waals surface area contributed by atoms with E-state index in [-0.39, 0.29) is 12.6 Å². The zero-order chi connectivity index (χ0) is 14.2. The van der Waals surface area contributed by atoms with Crippen molar-refractivity contribution in [2.24, 2.45) is 0 Å². The molecule has 1 aliphatic heterocycles. The molecular weight excluding hydrogens is 264 g/mol. The van der Waals surface area contributed by atoms with E-state index in [1.165, 1.54) is 6.33 Å². The molecule has 1 aromatic carbocycles. The average Bonchev–Trinajstić information content (AvgIpc) is 3.04. The monoisotopic (exact) mass is 278 g/mol. The van der Waals surface area contributed by atoms with Gasteiger partial charge < -0.3 is 14.6 Å². The quantitative estimate of drug-likeness (QED) is 0.782. The maximum atomic E-state index is 9.92. The molecule has 1 unspecified atom stereocenters. The minimum atomic E-state index is -0.162. The Morgan fingerprint density at radius 1 is 1.10 bits per heavy atom. The Hall–Kier alpha value is -2.66. The van der Waals surface area contributed by atoms with Crippen molar-refractivity contribution in [1.82, 2.24) is 14.5 Å². The molecule has 0 aliphatic carbocycles. The fourth-order valence-corrected chi connectivity index (χ4v) is 2.90. The van der Waals surface area contributed by atoms with Crippen LogP contribution in [0.3, 0.4) is 0 Å². The molecule has 0 fully saturated rings. The van der Waals surface area contributed by atoms with Gasteiger partial charge in [-0.2, -0.15) is 0 Å². The van der Waals surface area contributed by atoms with Gasteiger partial charge in [-0.25, -0.2) is 9.97 Å². The van der Waals surface area contributed by atoms with Gasteiger partial charge in [0.2, 0.25) is 0 Å². The zero-order valence-electron chi connectivity index (χ0n) is 11.3. The Bertz CT molecular complexity index is 769. The lowest BCUT2D eigenvalue weighted by molar-refractivity contribution is 0.261. The van der Waals surface area contributed by atoms with Gasteiger partial charge in [-0.1, -0.05) is 18.2 Å². The summed E-state index contributed by atoms with van der Waals surface area (Å²) in [5.41, 5.74) is 2.96. The Morgan fingerprint density at radius 2 is 1.95 bits per heavy atom. The summed E-state index contributed by atoms with van der Waals surface area (Å²) in [6.07, 6.45) is 5.32. The van der Waals surface area contributed by atoms with E-state index in [2.05, 4.69) is 14.9 Å². The van der Waals surface area contributed by atoms with E-state index in [1.807, 2.05) is 53.2 Å². The molecule has 0 amide bonds. The summed E-state index contributed by atoms with van der Waals surface area (Å²) in [5.74, 6) is 0.805. The van der Waals surface area contributed by atoms with Gasteiger partial charge in [-0.15, -0.1) is 0 Å². The normalized spacial score (nSPS) is 16.4. The van der Waals surface area contributed by atoms with Crippen molar-refractivity contribution in [3.05, 3.63) is 66.9 Å². The summed E-state index contributed by atoms with van der Waals surface area (Å²) in [7, 11) is 0. The molecule has 3 heterocycles. The predicted molar refractivity (Wildman–Crippen MR) is 79.8 cm³/mol. The first-order valence-electron chi connectivity index (χ1n) is 6.83. The molecule has 1 aliphatic rings. The molecule has 104 valence electrons. The van der Waals surface area contributed by atoms with Crippen molar-refractivity contribution in [3.63, 3.8) is 0 Å². The van der Waals surface area contributed by atoms with E-state index in [9.17, 15) is 5.11 Å². The first kappa shape index (κ1) is 12.1. The number of hydrogen-bond donors (Lipinski definition) is 1. The van der Waals surface area contributed by atoms with Crippen molar-refractivity contribution >= 4 is 11.5 Å². The van der Waals surface area contributed by atoms with E-state index in [0.29, 0.717) is 0 Å². The van der Waals surface area contributed by atoms with Gasteiger partial charge in [-0.3, -0.25) is 0 Å². The molecule has 1 atom stereocenters. The first-order valence-corrected chi connectivity index (χ1v) is 6.83. The lowest BCUT2D eigenvalue weighted by atomic mass is 10.1. The van der Waals surface area contributed by atoms with Gasteiger partial charge in [0, 0.05) is 17.6 Å². The van der Waals surface area contributed by atoms with E-state index in [4.69, 9.17) is 0 Å². The number of benzene rings is 1. The highest BCUT2D eigenvalue weighted by Crippen LogP contribution is 2.41. The summed E-state index contributed by atoms with van der Waals surface area (Å²) in [6.45, 7) is 0.0162. The van der Waals surface area contributed by atoms with Crippen LogP contribution in [-0.4, -0.2) is 26.2 Å². The van der Waals surface area contributed by atoms with E-state index in [0.717, 1.165) is 22.9 Å². The third-order valence-electron chi connectivity index (χ3n) is 3.80. The highest BCUT2D eigenvalue weighted by Gasteiger charge is 2.32. The van der Waals surface area contributed by atoms with Crippen LogP contribution in [0, 0.1) is 0 Å². The second kappa shape index (κ2) is 4.71. The molecule has 0 spiro atoms. The second-order valence-electron chi connectivity index (χ2n) is 4.94. The van der Waals surface area contributed by atoms with Crippen LogP contribution in [-0.2, 0) is 0 Å². The SMILES string of the molecule is OCC1c2cccn2-c2cncnc2N1c1ccccc1. The van der Waals surface area contributed by atoms with E-state index < -0.39 is 0 Å². The minimum absolute atomic E-state index is 0.0162. The lowest BCUT2D eigenvalue weighted by Crippen LogP contribution is -2.33. The van der Waals surface area contributed by atoms with Gasteiger partial charge >= 0.3 is 0 Å². The van der Waals surface area contributed by atoms with E-state index >= 15 is 0 Å². The minimum Gasteiger partial charge on any atom is -0.394 e. The Balaban J connectivity index is 1.98. The zero-order valence-corrected chi connectivity index (χ0v) is 11.3. The number of anilines is 2. The lowest BCUT2D eigenvalue weighted by Gasteiger charge is -2.37. The van der Waals surface area contributed by atoms with Gasteiger partial charge in [0.1, 0.15) is 12.0 Å². The van der Waals surface area contributed by atoms with Gasteiger partial charge in [0.05, 0.1) is 18.8 Å². The molecule has 0 saturated carbocycles. The van der Waals surface area contributed by atoms with Gasteiger partial charge in [0.15, 0.2) is 5.82 Å². The molecule has 0 bridgehead atoms. The summed E-state index contributed by atoms with van der Waals surface area (Å²) >= 11 is 0. The van der Waals surface area contributed by atoms with Crippen LogP contribution in [0.25, 0.3) is 5.69 Å². The van der Waals surface area contributed by atoms with Crippen LogP contribution >= 0.6 is 0 Å². The van der Waals surface area contributed by atoms with Crippen LogP contribution in [0.1, 0.15) is 11.7 Å². The van der Waals surface area contributed by atoms with Gasteiger partial charge in [0.25, 0.3) is 0 Å². The average molecular weight is 278 g/mol. The van der Waals surface area contributed by atoms with Crippen molar-refractivity contribution < 1.29 is 5.11 Å². The van der Waals surface area contributed by atoms with E-state index in [1.54, 1.807) is 6.20 Å². The molecular formula is C16H14N4O. The molecule has 0 saturated heterocycles.